The van der Waals surface area contributed by atoms with Crippen molar-refractivity contribution in [3.8, 4) is 5.69 Å². The van der Waals surface area contributed by atoms with Crippen molar-refractivity contribution in [1.82, 2.24) is 24.8 Å². The number of hydrogen-bond donors (Lipinski definition) is 1. The molecule has 3 aromatic rings. The highest BCUT2D eigenvalue weighted by Crippen LogP contribution is 2.26. The van der Waals surface area contributed by atoms with Crippen LogP contribution in [0.1, 0.15) is 45.1 Å². The zero-order valence-corrected chi connectivity index (χ0v) is 17.6. The highest BCUT2D eigenvalue weighted by atomic mass is 16.5. The van der Waals surface area contributed by atoms with Gasteiger partial charge in [-0.3, -0.25) is 9.69 Å². The van der Waals surface area contributed by atoms with Crippen LogP contribution in [-0.4, -0.2) is 44.3 Å². The van der Waals surface area contributed by atoms with Crippen LogP contribution in [0.25, 0.3) is 5.69 Å². The Labute approximate surface area is 170 Å². The first kappa shape index (κ1) is 20.7. The molecule has 2 aromatic heterocycles. The first-order chi connectivity index (χ1) is 13.8. The van der Waals surface area contributed by atoms with E-state index < -0.39 is 0 Å². The lowest BCUT2D eigenvalue weighted by atomic mass is 9.92. The molecule has 8 nitrogen and oxygen atoms in total. The first-order valence-corrected chi connectivity index (χ1v) is 9.72. The van der Waals surface area contributed by atoms with Crippen LogP contribution in [0, 0.1) is 0 Å². The number of para-hydroxylation sites is 1. The third kappa shape index (κ3) is 5.29. The van der Waals surface area contributed by atoms with Crippen LogP contribution >= 0.6 is 0 Å². The third-order valence-corrected chi connectivity index (χ3v) is 4.39. The molecular formula is C21H28N6O2. The van der Waals surface area contributed by atoms with Gasteiger partial charge < -0.3 is 9.84 Å². The fourth-order valence-corrected chi connectivity index (χ4v) is 2.81. The van der Waals surface area contributed by atoms with Crippen LogP contribution in [0.4, 0.5) is 5.82 Å². The topological polar surface area (TPSA) is 89.1 Å². The molecule has 0 bridgehead atoms. The van der Waals surface area contributed by atoms with Gasteiger partial charge in [-0.05, 0) is 19.2 Å². The predicted octanol–water partition coefficient (Wildman–Crippen LogP) is 3.19. The molecule has 1 aromatic carbocycles. The number of anilines is 1. The van der Waals surface area contributed by atoms with E-state index in [0.29, 0.717) is 30.5 Å². The first-order valence-electron chi connectivity index (χ1n) is 9.72. The van der Waals surface area contributed by atoms with Crippen LogP contribution in [0.15, 0.2) is 40.9 Å². The zero-order chi connectivity index (χ0) is 21.0. The number of benzene rings is 1. The molecule has 0 unspecified atom stereocenters. The van der Waals surface area contributed by atoms with Gasteiger partial charge >= 0.3 is 0 Å². The number of carbonyl (C=O) groups excluding carboxylic acids is 1. The molecule has 8 heteroatoms. The Morgan fingerprint density at radius 1 is 1.24 bits per heavy atom. The number of carbonyl (C=O) groups is 1. The molecule has 1 amide bonds. The second-order valence-corrected chi connectivity index (χ2v) is 8.09. The van der Waals surface area contributed by atoms with Crippen molar-refractivity contribution >= 4 is 11.7 Å². The van der Waals surface area contributed by atoms with E-state index in [1.807, 2.05) is 55.3 Å². The maximum atomic E-state index is 12.7. The maximum Gasteiger partial charge on any atom is 0.240 e. The average molecular weight is 396 g/mol. The minimum atomic E-state index is -0.139. The van der Waals surface area contributed by atoms with Gasteiger partial charge in [0.15, 0.2) is 5.82 Å². The number of amides is 1. The Morgan fingerprint density at radius 2 is 1.97 bits per heavy atom. The summed E-state index contributed by atoms with van der Waals surface area (Å²) in [4.78, 5) is 18.8. The van der Waals surface area contributed by atoms with Gasteiger partial charge in [0, 0.05) is 17.9 Å². The lowest BCUT2D eigenvalue weighted by Gasteiger charge is -2.14. The van der Waals surface area contributed by atoms with Gasteiger partial charge in [-0.15, -0.1) is 0 Å². The quantitative estimate of drug-likeness (QED) is 0.660. The standard InChI is InChI=1S/C21H28N6O2/c1-6-17-22-20(29-25-17)14-26(5)13-19(28)23-18-12-16(21(2,3)4)24-27(18)15-10-8-7-9-11-15/h7-12H,6,13-14H2,1-5H3,(H,23,28). The summed E-state index contributed by atoms with van der Waals surface area (Å²) in [5, 5.41) is 11.6. The Kier molecular flexibility index (Phi) is 6.12. The van der Waals surface area contributed by atoms with E-state index in [4.69, 9.17) is 9.62 Å². The summed E-state index contributed by atoms with van der Waals surface area (Å²) >= 11 is 0. The van der Waals surface area contributed by atoms with Crippen molar-refractivity contribution in [2.75, 3.05) is 18.9 Å². The fourth-order valence-electron chi connectivity index (χ4n) is 2.81. The van der Waals surface area contributed by atoms with E-state index >= 15 is 0 Å². The summed E-state index contributed by atoms with van der Waals surface area (Å²) in [6, 6.07) is 11.7. The summed E-state index contributed by atoms with van der Waals surface area (Å²) in [6.07, 6.45) is 0.716. The SMILES string of the molecule is CCc1noc(CN(C)CC(=O)Nc2cc(C(C)(C)C)nn2-c2ccccc2)n1. The number of hydrogen-bond acceptors (Lipinski definition) is 6. The van der Waals surface area contributed by atoms with Gasteiger partial charge in [-0.1, -0.05) is 51.1 Å². The normalized spacial score (nSPS) is 11.8. The fraction of sp³-hybridized carbons (Fsp3) is 0.429. The summed E-state index contributed by atoms with van der Waals surface area (Å²) < 4.78 is 6.96. The van der Waals surface area contributed by atoms with Crippen LogP contribution in [-0.2, 0) is 23.2 Å². The van der Waals surface area contributed by atoms with Crippen LogP contribution in [0.5, 0.6) is 0 Å². The van der Waals surface area contributed by atoms with Crippen molar-refractivity contribution in [2.45, 2.75) is 46.1 Å². The van der Waals surface area contributed by atoms with Crippen LogP contribution in [0.2, 0.25) is 0 Å². The lowest BCUT2D eigenvalue weighted by Crippen LogP contribution is -2.30. The molecule has 0 radical (unpaired) electrons. The number of rotatable bonds is 7. The van der Waals surface area contributed by atoms with Crippen molar-refractivity contribution in [2.24, 2.45) is 0 Å². The van der Waals surface area contributed by atoms with Gasteiger partial charge in [0.05, 0.1) is 24.5 Å². The van der Waals surface area contributed by atoms with Crippen LogP contribution < -0.4 is 5.32 Å². The van der Waals surface area contributed by atoms with Gasteiger partial charge in [0.25, 0.3) is 0 Å². The maximum absolute atomic E-state index is 12.7. The molecule has 0 fully saturated rings. The molecule has 0 aliphatic heterocycles. The second-order valence-electron chi connectivity index (χ2n) is 8.09. The van der Waals surface area contributed by atoms with Crippen molar-refractivity contribution in [3.05, 3.63) is 53.8 Å². The van der Waals surface area contributed by atoms with E-state index in [9.17, 15) is 4.79 Å². The van der Waals surface area contributed by atoms with E-state index in [-0.39, 0.29) is 17.9 Å². The number of aryl methyl sites for hydroxylation is 1. The van der Waals surface area contributed by atoms with Gasteiger partial charge in [-0.25, -0.2) is 4.68 Å². The molecule has 3 rings (SSSR count). The average Bonchev–Trinajstić information content (AvgIpc) is 3.29. The van der Waals surface area contributed by atoms with Crippen LogP contribution in [0.3, 0.4) is 0 Å². The minimum absolute atomic E-state index is 0.134. The Morgan fingerprint density at radius 3 is 2.59 bits per heavy atom. The molecule has 0 aliphatic rings. The molecular weight excluding hydrogens is 368 g/mol. The zero-order valence-electron chi connectivity index (χ0n) is 17.6. The van der Waals surface area contributed by atoms with Gasteiger partial charge in [-0.2, -0.15) is 10.1 Å². The van der Waals surface area contributed by atoms with Crippen molar-refractivity contribution < 1.29 is 9.32 Å². The Hall–Kier alpha value is -3.00. The summed E-state index contributed by atoms with van der Waals surface area (Å²) in [5.74, 6) is 1.67. The molecule has 0 saturated carbocycles. The van der Waals surface area contributed by atoms with Gasteiger partial charge in [0.1, 0.15) is 5.82 Å². The monoisotopic (exact) mass is 396 g/mol. The van der Waals surface area contributed by atoms with E-state index in [1.165, 1.54) is 0 Å². The molecule has 0 atom stereocenters. The molecule has 154 valence electrons. The number of nitrogens with zero attached hydrogens (tertiary/aromatic N) is 5. The summed E-state index contributed by atoms with van der Waals surface area (Å²) in [7, 11) is 1.84. The molecule has 0 spiro atoms. The van der Waals surface area contributed by atoms with E-state index in [2.05, 4.69) is 36.2 Å². The second kappa shape index (κ2) is 8.57. The summed E-state index contributed by atoms with van der Waals surface area (Å²) in [5.41, 5.74) is 1.66. The highest BCUT2D eigenvalue weighted by Gasteiger charge is 2.22. The number of likely N-dealkylation sites (N-methyl/N-ethyl adjacent to an activating group) is 1. The number of aromatic nitrogens is 4. The predicted molar refractivity (Wildman–Crippen MR) is 111 cm³/mol. The van der Waals surface area contributed by atoms with Gasteiger partial charge in [0.2, 0.25) is 11.8 Å². The molecule has 29 heavy (non-hydrogen) atoms. The Balaban J connectivity index is 1.72. The summed E-state index contributed by atoms with van der Waals surface area (Å²) in [6.45, 7) is 8.85. The third-order valence-electron chi connectivity index (χ3n) is 4.39. The molecule has 0 saturated heterocycles. The van der Waals surface area contributed by atoms with E-state index in [0.717, 1.165) is 11.4 Å². The molecule has 2 heterocycles. The largest absolute Gasteiger partial charge is 0.338 e. The highest BCUT2D eigenvalue weighted by molar-refractivity contribution is 5.91. The molecule has 0 aliphatic carbocycles. The smallest absolute Gasteiger partial charge is 0.240 e. The van der Waals surface area contributed by atoms with Crippen molar-refractivity contribution in [3.63, 3.8) is 0 Å². The van der Waals surface area contributed by atoms with E-state index in [1.54, 1.807) is 4.68 Å². The van der Waals surface area contributed by atoms with Crippen molar-refractivity contribution in [1.29, 1.82) is 0 Å². The number of nitrogens with one attached hydrogen (secondary N) is 1. The minimum Gasteiger partial charge on any atom is -0.338 e. The Bertz CT molecular complexity index is 955. The lowest BCUT2D eigenvalue weighted by molar-refractivity contribution is -0.117. The molecule has 1 N–H and O–H groups in total.